The van der Waals surface area contributed by atoms with Crippen molar-refractivity contribution in [2.24, 2.45) is 0 Å². The van der Waals surface area contributed by atoms with E-state index >= 15 is 0 Å². The normalized spacial score (nSPS) is 18.0. The van der Waals surface area contributed by atoms with E-state index in [4.69, 9.17) is 11.6 Å². The van der Waals surface area contributed by atoms with Crippen molar-refractivity contribution >= 4 is 23.4 Å². The summed E-state index contributed by atoms with van der Waals surface area (Å²) in [6, 6.07) is 4.70. The van der Waals surface area contributed by atoms with E-state index in [-0.39, 0.29) is 10.8 Å². The van der Waals surface area contributed by atoms with Gasteiger partial charge in [-0.05, 0) is 42.0 Å². The molecule has 1 aromatic rings. The Hall–Kier alpha value is -0.560. The summed E-state index contributed by atoms with van der Waals surface area (Å²) in [5, 5.41) is 13.7. The fraction of sp³-hybridized carbons (Fsp3) is 0.571. The molecule has 0 atom stereocenters. The van der Waals surface area contributed by atoms with E-state index in [1.807, 2.05) is 11.8 Å². The van der Waals surface area contributed by atoms with Gasteiger partial charge in [0.1, 0.15) is 5.75 Å². The summed E-state index contributed by atoms with van der Waals surface area (Å²) in [5.41, 5.74) is 0.212. The number of ether oxygens (including phenoxy) is 1. The van der Waals surface area contributed by atoms with E-state index in [0.29, 0.717) is 13.1 Å². The molecule has 118 valence electrons. The molecule has 2 rings (SSSR count). The Labute approximate surface area is 132 Å². The maximum atomic E-state index is 12.1. The number of halogens is 3. The minimum absolute atomic E-state index is 0.0293. The summed E-state index contributed by atoms with van der Waals surface area (Å²) >= 11 is 7.75. The average molecular weight is 338 g/mol. The molecule has 0 spiro atoms. The highest BCUT2D eigenvalue weighted by molar-refractivity contribution is 7.99. The molecule has 0 unspecified atom stereocenters. The van der Waals surface area contributed by atoms with Crippen molar-refractivity contribution in [2.45, 2.75) is 31.6 Å². The van der Waals surface area contributed by atoms with Crippen molar-refractivity contribution in [2.75, 3.05) is 18.1 Å². The van der Waals surface area contributed by atoms with Gasteiger partial charge in [0.15, 0.2) is 0 Å². The highest BCUT2D eigenvalue weighted by atomic mass is 35.5. The zero-order valence-corrected chi connectivity index (χ0v) is 13.0. The Morgan fingerprint density at radius 3 is 2.71 bits per heavy atom. The van der Waals surface area contributed by atoms with Crippen molar-refractivity contribution in [3.05, 3.63) is 28.8 Å². The summed E-state index contributed by atoms with van der Waals surface area (Å²) in [6.45, 7) is -1.85. The highest BCUT2D eigenvalue weighted by Gasteiger charge is 2.28. The number of thioether (sulfide) groups is 1. The van der Waals surface area contributed by atoms with Crippen LogP contribution in [0.15, 0.2) is 18.2 Å². The van der Waals surface area contributed by atoms with E-state index in [1.54, 1.807) is 12.1 Å². The first kappa shape index (κ1) is 16.8. The number of alkyl halides is 2. The molecule has 1 heterocycles. The molecular weight excluding hydrogens is 320 g/mol. The average Bonchev–Trinajstić information content (AvgIpc) is 2.42. The molecule has 1 aromatic carbocycles. The summed E-state index contributed by atoms with van der Waals surface area (Å²) in [4.78, 5) is 0. The summed E-state index contributed by atoms with van der Waals surface area (Å²) in [6.07, 6.45) is 1.57. The minimum atomic E-state index is -2.88. The molecule has 2 N–H and O–H groups in total. The zero-order chi connectivity index (χ0) is 15.3. The smallest absolute Gasteiger partial charge is 0.387 e. The molecular formula is C14H18ClF2NO2S. The zero-order valence-electron chi connectivity index (χ0n) is 11.4. The lowest BCUT2D eigenvalue weighted by Crippen LogP contribution is -2.43. The third kappa shape index (κ3) is 5.29. The molecule has 1 saturated heterocycles. The Morgan fingerprint density at radius 1 is 1.38 bits per heavy atom. The summed E-state index contributed by atoms with van der Waals surface area (Å²) < 4.78 is 28.5. The number of nitrogens with one attached hydrogen (secondary N) is 1. The third-order valence-corrected chi connectivity index (χ3v) is 4.70. The maximum absolute atomic E-state index is 12.1. The van der Waals surface area contributed by atoms with Crippen LogP contribution in [0.25, 0.3) is 0 Å². The van der Waals surface area contributed by atoms with Gasteiger partial charge in [-0.15, -0.1) is 0 Å². The monoisotopic (exact) mass is 337 g/mol. The molecule has 0 saturated carbocycles. The van der Waals surface area contributed by atoms with Crippen LogP contribution in [0.1, 0.15) is 18.4 Å². The van der Waals surface area contributed by atoms with Crippen LogP contribution >= 0.6 is 23.4 Å². The Bertz CT molecular complexity index is 470. The Morgan fingerprint density at radius 2 is 2.10 bits per heavy atom. The number of rotatable bonds is 6. The molecule has 1 aliphatic heterocycles. The second-order valence-corrected chi connectivity index (χ2v) is 6.72. The molecule has 1 aliphatic rings. The van der Waals surface area contributed by atoms with Crippen LogP contribution in [0.2, 0.25) is 5.02 Å². The largest absolute Gasteiger partial charge is 0.433 e. The lowest BCUT2D eigenvalue weighted by molar-refractivity contribution is -0.0498. The fourth-order valence-electron chi connectivity index (χ4n) is 2.21. The highest BCUT2D eigenvalue weighted by Crippen LogP contribution is 2.28. The van der Waals surface area contributed by atoms with Crippen molar-refractivity contribution in [1.29, 1.82) is 0 Å². The van der Waals surface area contributed by atoms with Gasteiger partial charge in [0.25, 0.3) is 0 Å². The number of aliphatic hydroxyl groups is 1. The van der Waals surface area contributed by atoms with E-state index in [0.717, 1.165) is 29.9 Å². The van der Waals surface area contributed by atoms with E-state index in [1.165, 1.54) is 6.07 Å². The molecule has 7 heteroatoms. The van der Waals surface area contributed by atoms with Crippen molar-refractivity contribution < 1.29 is 18.6 Å². The van der Waals surface area contributed by atoms with Gasteiger partial charge in [-0.2, -0.15) is 20.5 Å². The van der Waals surface area contributed by atoms with Gasteiger partial charge in [-0.25, -0.2) is 0 Å². The SMILES string of the molecule is OC1(CNCc2ccc(OC(F)F)c(Cl)c2)CCSCC1. The van der Waals surface area contributed by atoms with Crippen LogP contribution in [0.5, 0.6) is 5.75 Å². The number of hydrogen-bond donors (Lipinski definition) is 2. The molecule has 21 heavy (non-hydrogen) atoms. The van der Waals surface area contributed by atoms with Crippen LogP contribution in [0.3, 0.4) is 0 Å². The van der Waals surface area contributed by atoms with Gasteiger partial charge in [-0.3, -0.25) is 0 Å². The second-order valence-electron chi connectivity index (χ2n) is 5.08. The predicted molar refractivity (Wildman–Crippen MR) is 81.3 cm³/mol. The maximum Gasteiger partial charge on any atom is 0.387 e. The first-order chi connectivity index (χ1) is 9.98. The molecule has 0 radical (unpaired) electrons. The van der Waals surface area contributed by atoms with Crippen LogP contribution in [0, 0.1) is 0 Å². The van der Waals surface area contributed by atoms with Crippen LogP contribution in [0.4, 0.5) is 8.78 Å². The van der Waals surface area contributed by atoms with Gasteiger partial charge in [-0.1, -0.05) is 17.7 Å². The fourth-order valence-corrected chi connectivity index (χ4v) is 3.71. The van der Waals surface area contributed by atoms with Crippen LogP contribution in [-0.4, -0.2) is 35.4 Å². The van der Waals surface area contributed by atoms with E-state index in [9.17, 15) is 13.9 Å². The Balaban J connectivity index is 1.84. The van der Waals surface area contributed by atoms with Gasteiger partial charge in [0.2, 0.25) is 0 Å². The molecule has 0 aliphatic carbocycles. The van der Waals surface area contributed by atoms with Gasteiger partial charge in [0, 0.05) is 13.1 Å². The van der Waals surface area contributed by atoms with Crippen LogP contribution < -0.4 is 10.1 Å². The molecule has 3 nitrogen and oxygen atoms in total. The number of hydrogen-bond acceptors (Lipinski definition) is 4. The van der Waals surface area contributed by atoms with Crippen LogP contribution in [-0.2, 0) is 6.54 Å². The van der Waals surface area contributed by atoms with Gasteiger partial charge >= 0.3 is 6.61 Å². The second kappa shape index (κ2) is 7.63. The van der Waals surface area contributed by atoms with Crippen molar-refractivity contribution in [1.82, 2.24) is 5.32 Å². The number of benzene rings is 1. The third-order valence-electron chi connectivity index (χ3n) is 3.42. The molecule has 0 aromatic heterocycles. The lowest BCUT2D eigenvalue weighted by Gasteiger charge is -2.32. The predicted octanol–water partition coefficient (Wildman–Crippen LogP) is 3.29. The minimum Gasteiger partial charge on any atom is -0.433 e. The standard InChI is InChI=1S/C14H18ClF2NO2S/c15-11-7-10(1-2-12(11)20-13(16)17)8-18-9-14(19)3-5-21-6-4-14/h1-2,7,13,18-19H,3-6,8-9H2. The summed E-state index contributed by atoms with van der Waals surface area (Å²) in [5.74, 6) is 1.92. The molecule has 1 fully saturated rings. The van der Waals surface area contributed by atoms with Gasteiger partial charge < -0.3 is 15.2 Å². The van der Waals surface area contributed by atoms with E-state index in [2.05, 4.69) is 10.1 Å². The topological polar surface area (TPSA) is 41.5 Å². The van der Waals surface area contributed by atoms with E-state index < -0.39 is 12.2 Å². The Kier molecular flexibility index (Phi) is 6.10. The summed E-state index contributed by atoms with van der Waals surface area (Å²) in [7, 11) is 0. The lowest BCUT2D eigenvalue weighted by atomic mass is 9.97. The molecule has 0 bridgehead atoms. The van der Waals surface area contributed by atoms with Gasteiger partial charge in [0.05, 0.1) is 10.6 Å². The first-order valence-electron chi connectivity index (χ1n) is 6.73. The van der Waals surface area contributed by atoms with Crippen molar-refractivity contribution in [3.63, 3.8) is 0 Å². The van der Waals surface area contributed by atoms with Crippen molar-refractivity contribution in [3.8, 4) is 5.75 Å². The molecule has 0 amide bonds. The first-order valence-corrected chi connectivity index (χ1v) is 8.26. The quantitative estimate of drug-likeness (QED) is 0.836.